The molecule has 0 spiro atoms. The number of aromatic hydroxyl groups is 2. The average Bonchev–Trinajstić information content (AvgIpc) is 2.58. The third-order valence-corrected chi connectivity index (χ3v) is 4.56. The van der Waals surface area contributed by atoms with E-state index in [1.54, 1.807) is 36.4 Å². The first kappa shape index (κ1) is 16.2. The maximum Gasteiger partial charge on any atom is 0.163 e. The number of hydrogen-bond acceptors (Lipinski definition) is 4. The van der Waals surface area contributed by atoms with Gasteiger partial charge in [0.2, 0.25) is 0 Å². The molecule has 0 atom stereocenters. The summed E-state index contributed by atoms with van der Waals surface area (Å²) in [5.41, 5.74) is 3.07. The van der Waals surface area contributed by atoms with Crippen LogP contribution in [0.2, 0.25) is 0 Å². The lowest BCUT2D eigenvalue weighted by Crippen LogP contribution is -2.10. The van der Waals surface area contributed by atoms with Crippen LogP contribution in [0.25, 0.3) is 0 Å². The molecule has 0 saturated carbocycles. The van der Waals surface area contributed by atoms with Crippen molar-refractivity contribution in [1.29, 1.82) is 0 Å². The van der Waals surface area contributed by atoms with Gasteiger partial charge in [-0.1, -0.05) is 24.3 Å². The van der Waals surface area contributed by atoms with Crippen molar-refractivity contribution in [2.75, 3.05) is 0 Å². The minimum absolute atomic E-state index is 0.159. The highest BCUT2D eigenvalue weighted by molar-refractivity contribution is 5.99. The van der Waals surface area contributed by atoms with Crippen LogP contribution in [0.3, 0.4) is 0 Å². The predicted molar refractivity (Wildman–Crippen MR) is 90.8 cm³/mol. The number of carbonyl (C=O) groups is 2. The maximum atomic E-state index is 11.3. The van der Waals surface area contributed by atoms with E-state index in [-0.39, 0.29) is 23.1 Å². The van der Waals surface area contributed by atoms with Gasteiger partial charge in [-0.25, -0.2) is 0 Å². The molecule has 2 aromatic rings. The molecule has 2 aromatic carbocycles. The summed E-state index contributed by atoms with van der Waals surface area (Å²) >= 11 is 0. The molecule has 4 heteroatoms. The number of rotatable bonds is 0. The van der Waals surface area contributed by atoms with Crippen LogP contribution >= 0.6 is 0 Å². The van der Waals surface area contributed by atoms with E-state index in [2.05, 4.69) is 0 Å². The zero-order valence-electron chi connectivity index (χ0n) is 13.4. The van der Waals surface area contributed by atoms with Gasteiger partial charge in [-0.15, -0.1) is 0 Å². The van der Waals surface area contributed by atoms with Gasteiger partial charge in [0, 0.05) is 35.1 Å². The lowest BCUT2D eigenvalue weighted by Gasteiger charge is -2.14. The Kier molecular flexibility index (Phi) is 4.65. The van der Waals surface area contributed by atoms with Crippen LogP contribution in [0.1, 0.15) is 57.5 Å². The maximum absolute atomic E-state index is 11.3. The first-order valence-electron chi connectivity index (χ1n) is 8.26. The van der Waals surface area contributed by atoms with E-state index >= 15 is 0 Å². The number of benzene rings is 2. The fraction of sp³-hybridized carbons (Fsp3) is 0.300. The number of Topliss-reactive ketones (excluding diaryl/α,β-unsaturated/α-hetero) is 2. The number of hydrogen-bond donors (Lipinski definition) is 2. The fourth-order valence-electron chi connectivity index (χ4n) is 3.32. The third-order valence-electron chi connectivity index (χ3n) is 4.56. The van der Waals surface area contributed by atoms with Crippen molar-refractivity contribution in [2.24, 2.45) is 0 Å². The van der Waals surface area contributed by atoms with Gasteiger partial charge in [0.1, 0.15) is 11.5 Å². The zero-order chi connectivity index (χ0) is 17.1. The van der Waals surface area contributed by atoms with Crippen molar-refractivity contribution in [2.45, 2.75) is 38.5 Å². The SMILES string of the molecule is O=C1CCCc2c(O)cccc21.O=C1CCCc2c(O)cccc21. The predicted octanol–water partition coefficient (Wildman–Crippen LogP) is 3.82. The van der Waals surface area contributed by atoms with Crippen molar-refractivity contribution in [1.82, 2.24) is 0 Å². The molecule has 0 amide bonds. The van der Waals surface area contributed by atoms with E-state index < -0.39 is 0 Å². The molecule has 4 rings (SSSR count). The molecule has 2 N–H and O–H groups in total. The Morgan fingerprint density at radius 2 is 1.04 bits per heavy atom. The van der Waals surface area contributed by atoms with Crippen molar-refractivity contribution >= 4 is 11.6 Å². The normalized spacial score (nSPS) is 15.8. The van der Waals surface area contributed by atoms with Gasteiger partial charge in [0.15, 0.2) is 11.6 Å². The largest absolute Gasteiger partial charge is 0.508 e. The summed E-state index contributed by atoms with van der Waals surface area (Å²) in [7, 11) is 0. The van der Waals surface area contributed by atoms with Gasteiger partial charge in [-0.3, -0.25) is 9.59 Å². The van der Waals surface area contributed by atoms with Crippen molar-refractivity contribution in [3.8, 4) is 11.5 Å². The fourth-order valence-corrected chi connectivity index (χ4v) is 3.32. The van der Waals surface area contributed by atoms with Crippen LogP contribution in [0.4, 0.5) is 0 Å². The lowest BCUT2D eigenvalue weighted by atomic mass is 9.90. The Morgan fingerprint density at radius 3 is 1.42 bits per heavy atom. The molecule has 4 nitrogen and oxygen atoms in total. The van der Waals surface area contributed by atoms with Crippen LogP contribution < -0.4 is 0 Å². The summed E-state index contributed by atoms with van der Waals surface area (Å²) in [6, 6.07) is 10.3. The Hall–Kier alpha value is -2.62. The minimum Gasteiger partial charge on any atom is -0.508 e. The van der Waals surface area contributed by atoms with E-state index in [0.717, 1.165) is 36.8 Å². The zero-order valence-corrected chi connectivity index (χ0v) is 13.4. The number of phenols is 2. The van der Waals surface area contributed by atoms with Gasteiger partial charge < -0.3 is 10.2 Å². The molecule has 0 fully saturated rings. The number of phenolic OH excluding ortho intramolecular Hbond substituents is 2. The van der Waals surface area contributed by atoms with Crippen LogP contribution in [0, 0.1) is 0 Å². The highest BCUT2D eigenvalue weighted by Crippen LogP contribution is 2.29. The molecule has 0 radical (unpaired) electrons. The molecule has 0 bridgehead atoms. The molecule has 24 heavy (non-hydrogen) atoms. The monoisotopic (exact) mass is 324 g/mol. The molecule has 2 aliphatic rings. The summed E-state index contributed by atoms with van der Waals surface area (Å²) in [5, 5.41) is 18.8. The summed E-state index contributed by atoms with van der Waals surface area (Å²) in [6.45, 7) is 0. The van der Waals surface area contributed by atoms with Gasteiger partial charge in [-0.05, 0) is 37.8 Å². The Bertz CT molecular complexity index is 725. The molecule has 0 saturated heterocycles. The Balaban J connectivity index is 0.000000141. The molecule has 0 aliphatic heterocycles. The van der Waals surface area contributed by atoms with E-state index in [0.29, 0.717) is 24.0 Å². The Labute approximate surface area is 140 Å². The highest BCUT2D eigenvalue weighted by Gasteiger charge is 2.19. The van der Waals surface area contributed by atoms with Gasteiger partial charge in [0.25, 0.3) is 0 Å². The smallest absolute Gasteiger partial charge is 0.163 e. The first-order chi connectivity index (χ1) is 11.6. The number of carbonyl (C=O) groups excluding carboxylic acids is 2. The van der Waals surface area contributed by atoms with Gasteiger partial charge in [-0.2, -0.15) is 0 Å². The van der Waals surface area contributed by atoms with Crippen molar-refractivity contribution < 1.29 is 19.8 Å². The summed E-state index contributed by atoms with van der Waals surface area (Å²) in [4.78, 5) is 22.7. The highest BCUT2D eigenvalue weighted by atomic mass is 16.3. The van der Waals surface area contributed by atoms with E-state index in [9.17, 15) is 19.8 Å². The molecule has 0 unspecified atom stereocenters. The summed E-state index contributed by atoms with van der Waals surface area (Å²) in [5.74, 6) is 0.848. The van der Waals surface area contributed by atoms with Crippen LogP contribution in [-0.4, -0.2) is 21.8 Å². The molecule has 0 aromatic heterocycles. The second-order valence-corrected chi connectivity index (χ2v) is 6.16. The van der Waals surface area contributed by atoms with Crippen molar-refractivity contribution in [3.63, 3.8) is 0 Å². The van der Waals surface area contributed by atoms with E-state index in [1.807, 2.05) is 0 Å². The summed E-state index contributed by atoms with van der Waals surface area (Å²) < 4.78 is 0. The lowest BCUT2D eigenvalue weighted by molar-refractivity contribution is 0.0963. The van der Waals surface area contributed by atoms with E-state index in [1.165, 1.54) is 0 Å². The van der Waals surface area contributed by atoms with Crippen LogP contribution in [0.15, 0.2) is 36.4 Å². The molecule has 0 heterocycles. The first-order valence-corrected chi connectivity index (χ1v) is 8.26. The summed E-state index contributed by atoms with van der Waals surface area (Å²) in [6.07, 6.45) is 4.63. The standard InChI is InChI=1S/2C10H10O2/c2*11-9-5-1-3-7-8(9)4-2-6-10(7)12/h2*1,3,5,11H,2,4,6H2. The molecular formula is C20H20O4. The average molecular weight is 324 g/mol. The molecule has 2 aliphatic carbocycles. The number of ketones is 2. The topological polar surface area (TPSA) is 74.6 Å². The van der Waals surface area contributed by atoms with Crippen molar-refractivity contribution in [3.05, 3.63) is 58.7 Å². The Morgan fingerprint density at radius 1 is 0.625 bits per heavy atom. The third kappa shape index (κ3) is 3.18. The van der Waals surface area contributed by atoms with Crippen LogP contribution in [-0.2, 0) is 12.8 Å². The van der Waals surface area contributed by atoms with E-state index in [4.69, 9.17) is 0 Å². The quantitative estimate of drug-likeness (QED) is 0.772. The van der Waals surface area contributed by atoms with Crippen LogP contribution in [0.5, 0.6) is 11.5 Å². The number of fused-ring (bicyclic) bond motifs is 2. The second-order valence-electron chi connectivity index (χ2n) is 6.16. The van der Waals surface area contributed by atoms with Gasteiger partial charge in [0.05, 0.1) is 0 Å². The minimum atomic E-state index is 0.159. The molecular weight excluding hydrogens is 304 g/mol. The van der Waals surface area contributed by atoms with Gasteiger partial charge >= 0.3 is 0 Å². The molecule has 124 valence electrons. The second kappa shape index (κ2) is 6.87.